The summed E-state index contributed by atoms with van der Waals surface area (Å²) in [6.45, 7) is 0. The second-order valence-electron chi connectivity index (χ2n) is 4.68. The van der Waals surface area contributed by atoms with Crippen LogP contribution in [-0.2, 0) is 0 Å². The number of anilines is 3. The Balaban J connectivity index is 1.92. The molecule has 3 rings (SSSR count). The summed E-state index contributed by atoms with van der Waals surface area (Å²) in [7, 11) is 0. The third-order valence-corrected chi connectivity index (χ3v) is 3.59. The van der Waals surface area contributed by atoms with Crippen LogP contribution in [0.2, 0.25) is 0 Å². The molecule has 1 saturated carbocycles. The Kier molecular flexibility index (Phi) is 3.29. The van der Waals surface area contributed by atoms with Crippen molar-refractivity contribution in [2.45, 2.75) is 18.8 Å². The predicted molar refractivity (Wildman–Crippen MR) is 75.8 cm³/mol. The first-order valence-electron chi connectivity index (χ1n) is 6.09. The van der Waals surface area contributed by atoms with E-state index in [4.69, 9.17) is 5.73 Å². The van der Waals surface area contributed by atoms with Gasteiger partial charge in [-0.25, -0.2) is 18.7 Å². The quantitative estimate of drug-likeness (QED) is 0.836. The van der Waals surface area contributed by atoms with E-state index in [1.807, 2.05) is 0 Å². The van der Waals surface area contributed by atoms with E-state index in [-0.39, 0.29) is 10.2 Å². The molecule has 4 nitrogen and oxygen atoms in total. The molecule has 0 saturated heterocycles. The summed E-state index contributed by atoms with van der Waals surface area (Å²) in [5.74, 6) is 0.500. The van der Waals surface area contributed by atoms with Gasteiger partial charge in [0.15, 0.2) is 0 Å². The summed E-state index contributed by atoms with van der Waals surface area (Å²) >= 11 is 2.93. The van der Waals surface area contributed by atoms with Gasteiger partial charge >= 0.3 is 0 Å². The largest absolute Gasteiger partial charge is 0.384 e. The Bertz CT molecular complexity index is 674. The average molecular weight is 341 g/mol. The first kappa shape index (κ1) is 13.2. The maximum atomic E-state index is 13.8. The van der Waals surface area contributed by atoms with Crippen LogP contribution in [0.1, 0.15) is 24.6 Å². The number of halogens is 3. The van der Waals surface area contributed by atoms with Gasteiger partial charge in [0.2, 0.25) is 0 Å². The van der Waals surface area contributed by atoms with Gasteiger partial charge in [0.25, 0.3) is 0 Å². The minimum absolute atomic E-state index is 0.00514. The molecule has 104 valence electrons. The van der Waals surface area contributed by atoms with Gasteiger partial charge in [0.05, 0.1) is 10.2 Å². The summed E-state index contributed by atoms with van der Waals surface area (Å²) in [6, 6.07) is 3.61. The Labute approximate surface area is 122 Å². The molecule has 0 aliphatic heterocycles. The average Bonchev–Trinajstić information content (AvgIpc) is 3.19. The number of rotatable bonds is 3. The van der Waals surface area contributed by atoms with E-state index in [0.717, 1.165) is 25.0 Å². The van der Waals surface area contributed by atoms with Gasteiger partial charge in [-0.15, -0.1) is 0 Å². The number of hydrogen-bond donors (Lipinski definition) is 2. The monoisotopic (exact) mass is 340 g/mol. The van der Waals surface area contributed by atoms with Gasteiger partial charge in [-0.1, -0.05) is 0 Å². The minimum atomic E-state index is -0.580. The third-order valence-electron chi connectivity index (χ3n) is 2.98. The number of nitrogens with zero attached hydrogens (tertiary/aromatic N) is 2. The second kappa shape index (κ2) is 4.97. The molecule has 0 unspecified atom stereocenters. The molecule has 3 N–H and O–H groups in total. The normalized spacial score (nSPS) is 14.3. The van der Waals surface area contributed by atoms with Crippen molar-refractivity contribution in [1.29, 1.82) is 0 Å². The molecule has 20 heavy (non-hydrogen) atoms. The molecule has 2 aromatic rings. The molecule has 0 spiro atoms. The first-order chi connectivity index (χ1) is 9.52. The number of nitrogens with one attached hydrogen (secondary N) is 1. The summed E-state index contributed by atoms with van der Waals surface area (Å²) in [5, 5.41) is 2.74. The van der Waals surface area contributed by atoms with E-state index < -0.39 is 11.6 Å². The predicted octanol–water partition coefficient (Wildman–Crippen LogP) is 3.72. The fraction of sp³-hybridized carbons (Fsp3) is 0.231. The zero-order chi connectivity index (χ0) is 14.3. The third kappa shape index (κ3) is 2.72. The smallest absolute Gasteiger partial charge is 0.148 e. The molecule has 1 aliphatic carbocycles. The van der Waals surface area contributed by atoms with E-state index in [0.29, 0.717) is 23.4 Å². The topological polar surface area (TPSA) is 63.8 Å². The van der Waals surface area contributed by atoms with Crippen molar-refractivity contribution in [2.75, 3.05) is 11.1 Å². The standard InChI is InChI=1S/C13H11BrF2N4/c14-7-3-9(16)10(4-8(7)15)18-12-5-11(17)19-13(20-12)6-1-2-6/h3-6H,1-2H2,(H3,17,18,19,20). The van der Waals surface area contributed by atoms with E-state index >= 15 is 0 Å². The molecule has 0 atom stereocenters. The van der Waals surface area contributed by atoms with Gasteiger partial charge < -0.3 is 11.1 Å². The highest BCUT2D eigenvalue weighted by Gasteiger charge is 2.27. The SMILES string of the molecule is Nc1cc(Nc2cc(F)c(Br)cc2F)nc(C2CC2)n1. The molecule has 0 amide bonds. The number of benzene rings is 1. The highest BCUT2D eigenvalue weighted by molar-refractivity contribution is 9.10. The van der Waals surface area contributed by atoms with Gasteiger partial charge in [0.1, 0.15) is 29.1 Å². The number of hydrogen-bond acceptors (Lipinski definition) is 4. The molecule has 0 bridgehead atoms. The number of aromatic nitrogens is 2. The zero-order valence-corrected chi connectivity index (χ0v) is 11.9. The van der Waals surface area contributed by atoms with Crippen LogP contribution in [0, 0.1) is 11.6 Å². The van der Waals surface area contributed by atoms with Crippen LogP contribution in [0.3, 0.4) is 0 Å². The van der Waals surface area contributed by atoms with E-state index in [1.54, 1.807) is 0 Å². The fourth-order valence-electron chi connectivity index (χ4n) is 1.83. The molecule has 7 heteroatoms. The molecule has 1 aromatic carbocycles. The van der Waals surface area contributed by atoms with Crippen LogP contribution in [-0.4, -0.2) is 9.97 Å². The summed E-state index contributed by atoms with van der Waals surface area (Å²) in [6.07, 6.45) is 2.06. The van der Waals surface area contributed by atoms with Crippen LogP contribution in [0.5, 0.6) is 0 Å². The minimum Gasteiger partial charge on any atom is -0.384 e. The van der Waals surface area contributed by atoms with Gasteiger partial charge in [0, 0.05) is 18.1 Å². The lowest BCUT2D eigenvalue weighted by Gasteiger charge is -2.09. The molecule has 1 heterocycles. The number of nitrogens with two attached hydrogens (primary N) is 1. The lowest BCUT2D eigenvalue weighted by molar-refractivity contribution is 0.597. The highest BCUT2D eigenvalue weighted by atomic mass is 79.9. The maximum Gasteiger partial charge on any atom is 0.148 e. The second-order valence-corrected chi connectivity index (χ2v) is 5.54. The van der Waals surface area contributed by atoms with Crippen LogP contribution >= 0.6 is 15.9 Å². The molecule has 1 aromatic heterocycles. The van der Waals surface area contributed by atoms with Crippen LogP contribution in [0.15, 0.2) is 22.7 Å². The zero-order valence-electron chi connectivity index (χ0n) is 10.3. The molecular formula is C13H11BrF2N4. The number of nitrogen functional groups attached to an aromatic ring is 1. The lowest BCUT2D eigenvalue weighted by Crippen LogP contribution is -2.04. The van der Waals surface area contributed by atoms with Crippen molar-refractivity contribution in [2.24, 2.45) is 0 Å². The van der Waals surface area contributed by atoms with E-state index in [2.05, 4.69) is 31.2 Å². The highest BCUT2D eigenvalue weighted by Crippen LogP contribution is 2.39. The summed E-state index contributed by atoms with van der Waals surface area (Å²) < 4.78 is 27.3. The lowest BCUT2D eigenvalue weighted by atomic mass is 10.3. The van der Waals surface area contributed by atoms with Gasteiger partial charge in [-0.3, -0.25) is 0 Å². The van der Waals surface area contributed by atoms with Crippen molar-refractivity contribution >= 4 is 33.3 Å². The Morgan fingerprint density at radius 3 is 2.60 bits per heavy atom. The molecule has 0 radical (unpaired) electrons. The summed E-state index contributed by atoms with van der Waals surface area (Å²) in [5.41, 5.74) is 5.71. The molecular weight excluding hydrogens is 330 g/mol. The van der Waals surface area contributed by atoms with Crippen molar-refractivity contribution in [3.8, 4) is 0 Å². The summed E-state index contributed by atoms with van der Waals surface area (Å²) in [4.78, 5) is 8.42. The van der Waals surface area contributed by atoms with Crippen LogP contribution in [0.25, 0.3) is 0 Å². The first-order valence-corrected chi connectivity index (χ1v) is 6.88. The van der Waals surface area contributed by atoms with Crippen molar-refractivity contribution in [3.05, 3.63) is 40.1 Å². The van der Waals surface area contributed by atoms with E-state index in [9.17, 15) is 8.78 Å². The van der Waals surface area contributed by atoms with Crippen molar-refractivity contribution < 1.29 is 8.78 Å². The Morgan fingerprint density at radius 1 is 1.15 bits per heavy atom. The van der Waals surface area contributed by atoms with Crippen LogP contribution in [0.4, 0.5) is 26.1 Å². The fourth-order valence-corrected chi connectivity index (χ4v) is 2.15. The molecule has 1 fully saturated rings. The van der Waals surface area contributed by atoms with Crippen LogP contribution < -0.4 is 11.1 Å². The van der Waals surface area contributed by atoms with Gasteiger partial charge in [-0.2, -0.15) is 0 Å². The Morgan fingerprint density at radius 2 is 1.90 bits per heavy atom. The van der Waals surface area contributed by atoms with E-state index in [1.165, 1.54) is 6.07 Å². The molecule has 1 aliphatic rings. The maximum absolute atomic E-state index is 13.8. The van der Waals surface area contributed by atoms with Gasteiger partial charge in [-0.05, 0) is 34.8 Å². The Hall–Kier alpha value is -1.76. The van der Waals surface area contributed by atoms with Crippen molar-refractivity contribution in [3.63, 3.8) is 0 Å². The van der Waals surface area contributed by atoms with Crippen molar-refractivity contribution in [1.82, 2.24) is 9.97 Å².